The molecule has 0 bridgehead atoms. The molecule has 1 aromatic rings. The lowest BCUT2D eigenvalue weighted by molar-refractivity contribution is 0.534. The summed E-state index contributed by atoms with van der Waals surface area (Å²) in [5.41, 5.74) is 1.17. The average Bonchev–Trinajstić information content (AvgIpc) is 2.73. The van der Waals surface area contributed by atoms with Crippen molar-refractivity contribution in [2.24, 2.45) is 4.99 Å². The van der Waals surface area contributed by atoms with Crippen molar-refractivity contribution in [3.63, 3.8) is 0 Å². The summed E-state index contributed by atoms with van der Waals surface area (Å²) in [4.78, 5) is 12.9. The summed E-state index contributed by atoms with van der Waals surface area (Å²) in [5, 5.41) is 3.32. The van der Waals surface area contributed by atoms with Gasteiger partial charge in [-0.2, -0.15) is 0 Å². The highest BCUT2D eigenvalue weighted by Gasteiger charge is 2.11. The minimum Gasteiger partial charge on any atom is -0.363 e. The second-order valence-corrected chi connectivity index (χ2v) is 4.40. The van der Waals surface area contributed by atoms with Crippen molar-refractivity contribution >= 4 is 35.8 Å². The molecule has 2 rings (SSSR count). The highest BCUT2D eigenvalue weighted by molar-refractivity contribution is 14.0. The van der Waals surface area contributed by atoms with E-state index in [1.54, 1.807) is 0 Å². The number of anilines is 1. The molecule has 0 atom stereocenters. The molecule has 100 valence electrons. The lowest BCUT2D eigenvalue weighted by Crippen LogP contribution is -2.35. The van der Waals surface area contributed by atoms with Crippen molar-refractivity contribution in [2.75, 3.05) is 39.1 Å². The first kappa shape index (κ1) is 15.0. The Hall–Kier alpha value is -1.05. The van der Waals surface area contributed by atoms with Gasteiger partial charge in [-0.15, -0.1) is 24.0 Å². The zero-order valence-corrected chi connectivity index (χ0v) is 13.4. The van der Waals surface area contributed by atoms with Gasteiger partial charge in [0.2, 0.25) is 0 Å². The molecular weight excluding hydrogens is 341 g/mol. The van der Waals surface area contributed by atoms with Crippen LogP contribution in [0.2, 0.25) is 0 Å². The fourth-order valence-corrected chi connectivity index (χ4v) is 1.69. The lowest BCUT2D eigenvalue weighted by Gasteiger charge is -2.15. The van der Waals surface area contributed by atoms with Crippen molar-refractivity contribution in [1.29, 1.82) is 0 Å². The predicted octanol–water partition coefficient (Wildman–Crippen LogP) is 1.16. The summed E-state index contributed by atoms with van der Waals surface area (Å²) in [6, 6.07) is 4.11. The summed E-state index contributed by atoms with van der Waals surface area (Å²) in [5.74, 6) is 1.95. The number of rotatable bonds is 3. The van der Waals surface area contributed by atoms with Gasteiger partial charge in [0.1, 0.15) is 5.82 Å². The van der Waals surface area contributed by atoms with E-state index in [0.717, 1.165) is 31.4 Å². The van der Waals surface area contributed by atoms with Crippen LogP contribution in [0.4, 0.5) is 5.82 Å². The molecule has 0 fully saturated rings. The summed E-state index contributed by atoms with van der Waals surface area (Å²) < 4.78 is 0. The summed E-state index contributed by atoms with van der Waals surface area (Å²) in [6.45, 7) is 2.65. The number of nitrogens with zero attached hydrogens (tertiary/aromatic N) is 4. The lowest BCUT2D eigenvalue weighted by atomic mass is 10.3. The second kappa shape index (κ2) is 6.77. The smallest absolute Gasteiger partial charge is 0.194 e. The maximum atomic E-state index is 4.38. The largest absolute Gasteiger partial charge is 0.363 e. The standard InChI is InChI=1S/C12H19N5.HI/c1-16(2)11-5-4-10(8-14-11)9-15-12-13-6-7-17(12)3;/h4-5,8H,6-7,9H2,1-3H3,(H,13,15);1H. The van der Waals surface area contributed by atoms with Crippen LogP contribution in [0.15, 0.2) is 23.3 Å². The highest BCUT2D eigenvalue weighted by atomic mass is 127. The molecule has 1 aromatic heterocycles. The van der Waals surface area contributed by atoms with Crippen molar-refractivity contribution in [3.8, 4) is 0 Å². The highest BCUT2D eigenvalue weighted by Crippen LogP contribution is 2.07. The number of nitrogens with one attached hydrogen (secondary N) is 1. The van der Waals surface area contributed by atoms with Crippen molar-refractivity contribution < 1.29 is 0 Å². The third kappa shape index (κ3) is 3.72. The van der Waals surface area contributed by atoms with E-state index in [-0.39, 0.29) is 24.0 Å². The first-order valence-electron chi connectivity index (χ1n) is 5.78. The molecule has 1 N–H and O–H groups in total. The summed E-state index contributed by atoms with van der Waals surface area (Å²) in [7, 11) is 6.02. The van der Waals surface area contributed by atoms with E-state index in [1.807, 2.05) is 38.3 Å². The first-order chi connectivity index (χ1) is 8.16. The van der Waals surface area contributed by atoms with Gasteiger partial charge in [-0.25, -0.2) is 4.98 Å². The predicted molar refractivity (Wildman–Crippen MR) is 85.8 cm³/mol. The zero-order valence-electron chi connectivity index (χ0n) is 11.1. The molecule has 0 radical (unpaired) electrons. The summed E-state index contributed by atoms with van der Waals surface area (Å²) in [6.07, 6.45) is 1.90. The Labute approximate surface area is 125 Å². The van der Waals surface area contributed by atoms with Crippen molar-refractivity contribution in [3.05, 3.63) is 23.9 Å². The molecular formula is C12H20IN5. The van der Waals surface area contributed by atoms with E-state index >= 15 is 0 Å². The molecule has 0 saturated heterocycles. The van der Waals surface area contributed by atoms with Crippen LogP contribution in [0, 0.1) is 0 Å². The summed E-state index contributed by atoms with van der Waals surface area (Å²) >= 11 is 0. The number of aromatic nitrogens is 1. The van der Waals surface area contributed by atoms with Crippen LogP contribution >= 0.6 is 24.0 Å². The van der Waals surface area contributed by atoms with Gasteiger partial charge in [0.15, 0.2) is 5.96 Å². The van der Waals surface area contributed by atoms with E-state index in [4.69, 9.17) is 0 Å². The Morgan fingerprint density at radius 3 is 2.67 bits per heavy atom. The molecule has 18 heavy (non-hydrogen) atoms. The molecule has 0 aliphatic carbocycles. The monoisotopic (exact) mass is 361 g/mol. The van der Waals surface area contributed by atoms with E-state index in [2.05, 4.69) is 26.3 Å². The van der Waals surface area contributed by atoms with Gasteiger partial charge in [-0.1, -0.05) is 6.07 Å². The number of hydrogen-bond donors (Lipinski definition) is 1. The molecule has 0 unspecified atom stereocenters. The maximum Gasteiger partial charge on any atom is 0.194 e. The minimum atomic E-state index is 0. The Bertz CT molecular complexity index is 401. The molecule has 0 spiro atoms. The number of pyridine rings is 1. The van der Waals surface area contributed by atoms with Crippen LogP contribution in [0.1, 0.15) is 5.56 Å². The van der Waals surface area contributed by atoms with Crippen LogP contribution in [0.5, 0.6) is 0 Å². The van der Waals surface area contributed by atoms with Crippen LogP contribution in [-0.4, -0.2) is 50.1 Å². The van der Waals surface area contributed by atoms with E-state index in [9.17, 15) is 0 Å². The van der Waals surface area contributed by atoms with Crippen molar-refractivity contribution in [2.45, 2.75) is 6.54 Å². The Morgan fingerprint density at radius 2 is 2.17 bits per heavy atom. The van der Waals surface area contributed by atoms with Gasteiger partial charge >= 0.3 is 0 Å². The van der Waals surface area contributed by atoms with Crippen LogP contribution in [0.3, 0.4) is 0 Å². The van der Waals surface area contributed by atoms with Gasteiger partial charge in [0.25, 0.3) is 0 Å². The number of halogens is 1. The molecule has 0 aromatic carbocycles. The third-order valence-corrected chi connectivity index (χ3v) is 2.78. The SMILES string of the molecule is CN1CCN=C1NCc1ccc(N(C)C)nc1.I. The van der Waals surface area contributed by atoms with Gasteiger partial charge in [-0.3, -0.25) is 4.99 Å². The zero-order chi connectivity index (χ0) is 12.3. The fourth-order valence-electron chi connectivity index (χ4n) is 1.69. The Morgan fingerprint density at radius 1 is 1.39 bits per heavy atom. The van der Waals surface area contributed by atoms with Crippen LogP contribution in [0.25, 0.3) is 0 Å². The van der Waals surface area contributed by atoms with Crippen molar-refractivity contribution in [1.82, 2.24) is 15.2 Å². The normalized spacial score (nSPS) is 13.9. The van der Waals surface area contributed by atoms with Crippen LogP contribution < -0.4 is 10.2 Å². The van der Waals surface area contributed by atoms with Crippen LogP contribution in [-0.2, 0) is 6.54 Å². The quantitative estimate of drug-likeness (QED) is 0.821. The fraction of sp³-hybridized carbons (Fsp3) is 0.500. The van der Waals surface area contributed by atoms with Gasteiger partial charge in [0, 0.05) is 40.4 Å². The molecule has 1 aliphatic heterocycles. The van der Waals surface area contributed by atoms with Gasteiger partial charge < -0.3 is 15.1 Å². The topological polar surface area (TPSA) is 43.8 Å². The molecule has 2 heterocycles. The first-order valence-corrected chi connectivity index (χ1v) is 5.78. The van der Waals surface area contributed by atoms with Gasteiger partial charge in [-0.05, 0) is 11.6 Å². The molecule has 6 heteroatoms. The number of hydrogen-bond acceptors (Lipinski definition) is 5. The van der Waals surface area contributed by atoms with Gasteiger partial charge in [0.05, 0.1) is 6.54 Å². The minimum absolute atomic E-state index is 0. The third-order valence-electron chi connectivity index (χ3n) is 2.78. The number of guanidine groups is 1. The van der Waals surface area contributed by atoms with E-state index in [1.165, 1.54) is 5.56 Å². The Balaban J connectivity index is 0.00000162. The van der Waals surface area contributed by atoms with E-state index < -0.39 is 0 Å². The molecule has 5 nitrogen and oxygen atoms in total. The maximum absolute atomic E-state index is 4.38. The number of likely N-dealkylation sites (N-methyl/N-ethyl adjacent to an activating group) is 1. The second-order valence-electron chi connectivity index (χ2n) is 4.40. The molecule has 0 amide bonds. The van der Waals surface area contributed by atoms with E-state index in [0.29, 0.717) is 0 Å². The molecule has 0 saturated carbocycles. The molecule has 1 aliphatic rings. The number of aliphatic imine (C=N–C) groups is 1. The Kier molecular flexibility index (Phi) is 5.64. The average molecular weight is 361 g/mol.